The third kappa shape index (κ3) is 4.18. The van der Waals surface area contributed by atoms with E-state index in [1.165, 1.54) is 5.56 Å². The van der Waals surface area contributed by atoms with Gasteiger partial charge in [0, 0.05) is 17.5 Å². The molecule has 3 N–H and O–H groups in total. The Morgan fingerprint density at radius 3 is 2.32 bits per heavy atom. The molecule has 2 aromatic rings. The fourth-order valence-electron chi connectivity index (χ4n) is 2.28. The molecule has 0 saturated carbocycles. The van der Waals surface area contributed by atoms with Crippen LogP contribution in [0.5, 0.6) is 0 Å². The summed E-state index contributed by atoms with van der Waals surface area (Å²) in [5.74, 6) is 0.406. The van der Waals surface area contributed by atoms with Gasteiger partial charge in [0.25, 0.3) is 0 Å². The highest BCUT2D eigenvalue weighted by molar-refractivity contribution is 7.10. The van der Waals surface area contributed by atoms with Crippen molar-refractivity contribution >= 4 is 17.2 Å². The van der Waals surface area contributed by atoms with Gasteiger partial charge in [-0.15, -0.1) is 11.3 Å². The van der Waals surface area contributed by atoms with Crippen molar-refractivity contribution < 1.29 is 4.79 Å². The van der Waals surface area contributed by atoms with Gasteiger partial charge in [-0.1, -0.05) is 44.2 Å². The van der Waals surface area contributed by atoms with Crippen LogP contribution in [0.25, 0.3) is 0 Å². The number of nitrogens with one attached hydrogen (secondary N) is 1. The Kier molecular flexibility index (Phi) is 5.75. The lowest BCUT2D eigenvalue weighted by Gasteiger charge is -2.16. The average molecular weight is 316 g/mol. The molecule has 0 fully saturated rings. The van der Waals surface area contributed by atoms with Gasteiger partial charge in [0.15, 0.2) is 0 Å². The molecule has 4 heteroatoms. The van der Waals surface area contributed by atoms with Crippen LogP contribution in [0.3, 0.4) is 0 Å². The van der Waals surface area contributed by atoms with E-state index in [1.807, 2.05) is 24.4 Å². The third-order valence-corrected chi connectivity index (χ3v) is 4.95. The molecule has 0 aliphatic carbocycles. The van der Waals surface area contributed by atoms with Crippen molar-refractivity contribution in [3.8, 4) is 0 Å². The first-order valence-corrected chi connectivity index (χ1v) is 8.53. The SMILES string of the molecule is CC(C)c1ccc(C(N)CNC(=O)C(C)c2cccs2)cc1. The molecule has 0 spiro atoms. The number of benzene rings is 1. The minimum absolute atomic E-state index is 0.0247. The first kappa shape index (κ1) is 16.7. The number of rotatable bonds is 6. The number of carbonyl (C=O) groups is 1. The zero-order chi connectivity index (χ0) is 16.1. The van der Waals surface area contributed by atoms with Gasteiger partial charge in [0.2, 0.25) is 5.91 Å². The highest BCUT2D eigenvalue weighted by Gasteiger charge is 2.17. The normalized spacial score (nSPS) is 13.9. The van der Waals surface area contributed by atoms with Gasteiger partial charge in [-0.2, -0.15) is 0 Å². The summed E-state index contributed by atoms with van der Waals surface area (Å²) in [5.41, 5.74) is 8.52. The molecule has 2 unspecified atom stereocenters. The lowest BCUT2D eigenvalue weighted by atomic mass is 9.99. The van der Waals surface area contributed by atoms with E-state index < -0.39 is 0 Å². The van der Waals surface area contributed by atoms with Crippen molar-refractivity contribution in [3.05, 3.63) is 57.8 Å². The third-order valence-electron chi connectivity index (χ3n) is 3.89. The summed E-state index contributed by atoms with van der Waals surface area (Å²) in [7, 11) is 0. The van der Waals surface area contributed by atoms with Crippen molar-refractivity contribution in [2.24, 2.45) is 5.73 Å². The first-order valence-electron chi connectivity index (χ1n) is 7.65. The van der Waals surface area contributed by atoms with Crippen LogP contribution < -0.4 is 11.1 Å². The predicted molar refractivity (Wildman–Crippen MR) is 93.2 cm³/mol. The molecule has 0 aliphatic heterocycles. The van der Waals surface area contributed by atoms with Crippen LogP contribution in [-0.2, 0) is 4.79 Å². The molecule has 0 radical (unpaired) electrons. The molecule has 1 heterocycles. The lowest BCUT2D eigenvalue weighted by molar-refractivity contribution is -0.122. The predicted octanol–water partition coefficient (Wildman–Crippen LogP) is 3.79. The molecule has 118 valence electrons. The lowest BCUT2D eigenvalue weighted by Crippen LogP contribution is -2.34. The number of nitrogens with two attached hydrogens (primary N) is 1. The summed E-state index contributed by atoms with van der Waals surface area (Å²) in [6.07, 6.45) is 0. The highest BCUT2D eigenvalue weighted by atomic mass is 32.1. The minimum atomic E-state index is -0.180. The molecule has 0 bridgehead atoms. The van der Waals surface area contributed by atoms with E-state index in [0.717, 1.165) is 10.4 Å². The Labute approximate surface area is 136 Å². The van der Waals surface area contributed by atoms with E-state index in [9.17, 15) is 4.79 Å². The smallest absolute Gasteiger partial charge is 0.228 e. The summed E-state index contributed by atoms with van der Waals surface area (Å²) in [6.45, 7) is 6.71. The van der Waals surface area contributed by atoms with Crippen LogP contribution in [0.1, 0.15) is 54.7 Å². The van der Waals surface area contributed by atoms with E-state index in [0.29, 0.717) is 12.5 Å². The van der Waals surface area contributed by atoms with E-state index >= 15 is 0 Å². The summed E-state index contributed by atoms with van der Waals surface area (Å²) in [4.78, 5) is 13.2. The molecular weight excluding hydrogens is 292 g/mol. The number of amides is 1. The maximum absolute atomic E-state index is 12.2. The molecule has 1 aromatic carbocycles. The van der Waals surface area contributed by atoms with Crippen molar-refractivity contribution in [1.82, 2.24) is 5.32 Å². The standard InChI is InChI=1S/C18H24N2OS/c1-12(2)14-6-8-15(9-7-14)16(19)11-20-18(21)13(3)17-5-4-10-22-17/h4-10,12-13,16H,11,19H2,1-3H3,(H,20,21). The van der Waals surface area contributed by atoms with Crippen molar-refractivity contribution in [2.75, 3.05) is 6.54 Å². The molecule has 2 rings (SSSR count). The monoisotopic (exact) mass is 316 g/mol. The van der Waals surface area contributed by atoms with Crippen molar-refractivity contribution in [2.45, 2.75) is 38.6 Å². The first-order chi connectivity index (χ1) is 10.5. The van der Waals surface area contributed by atoms with Gasteiger partial charge in [-0.25, -0.2) is 0 Å². The van der Waals surface area contributed by atoms with Crippen LogP contribution in [0.2, 0.25) is 0 Å². The van der Waals surface area contributed by atoms with Gasteiger partial charge in [0.05, 0.1) is 5.92 Å². The van der Waals surface area contributed by atoms with Crippen molar-refractivity contribution in [3.63, 3.8) is 0 Å². The van der Waals surface area contributed by atoms with Crippen LogP contribution in [0.15, 0.2) is 41.8 Å². The Morgan fingerprint density at radius 1 is 1.14 bits per heavy atom. The quantitative estimate of drug-likeness (QED) is 0.852. The highest BCUT2D eigenvalue weighted by Crippen LogP contribution is 2.21. The fourth-order valence-corrected chi connectivity index (χ4v) is 3.06. The summed E-state index contributed by atoms with van der Waals surface area (Å²) >= 11 is 1.60. The molecule has 1 amide bonds. The van der Waals surface area contributed by atoms with Crippen LogP contribution in [0.4, 0.5) is 0 Å². The molecule has 22 heavy (non-hydrogen) atoms. The summed E-state index contributed by atoms with van der Waals surface area (Å²) < 4.78 is 0. The molecule has 2 atom stereocenters. The molecule has 1 aromatic heterocycles. The Balaban J connectivity index is 1.89. The van der Waals surface area contributed by atoms with Gasteiger partial charge in [0.1, 0.15) is 0 Å². The zero-order valence-electron chi connectivity index (χ0n) is 13.4. The summed E-state index contributed by atoms with van der Waals surface area (Å²) in [5, 5.41) is 4.94. The van der Waals surface area contributed by atoms with E-state index in [2.05, 4.69) is 43.4 Å². The number of carbonyl (C=O) groups excluding carboxylic acids is 1. The van der Waals surface area contributed by atoms with Crippen LogP contribution in [0, 0.1) is 0 Å². The van der Waals surface area contributed by atoms with Gasteiger partial charge in [-0.05, 0) is 35.4 Å². The second kappa shape index (κ2) is 7.56. The van der Waals surface area contributed by atoms with E-state index in [4.69, 9.17) is 5.73 Å². The minimum Gasteiger partial charge on any atom is -0.354 e. The van der Waals surface area contributed by atoms with Crippen LogP contribution >= 0.6 is 11.3 Å². The number of thiophene rings is 1. The molecule has 0 saturated heterocycles. The molecular formula is C18H24N2OS. The average Bonchev–Trinajstić information content (AvgIpc) is 3.06. The van der Waals surface area contributed by atoms with Gasteiger partial charge >= 0.3 is 0 Å². The number of hydrogen-bond donors (Lipinski definition) is 2. The second-order valence-electron chi connectivity index (χ2n) is 5.91. The van der Waals surface area contributed by atoms with Crippen molar-refractivity contribution in [1.29, 1.82) is 0 Å². The molecule has 3 nitrogen and oxygen atoms in total. The zero-order valence-corrected chi connectivity index (χ0v) is 14.2. The topological polar surface area (TPSA) is 55.1 Å². The largest absolute Gasteiger partial charge is 0.354 e. The maximum atomic E-state index is 12.2. The number of hydrogen-bond acceptors (Lipinski definition) is 3. The Morgan fingerprint density at radius 2 is 1.77 bits per heavy atom. The van der Waals surface area contributed by atoms with Gasteiger partial charge < -0.3 is 11.1 Å². The summed E-state index contributed by atoms with van der Waals surface area (Å²) in [6, 6.07) is 12.1. The van der Waals surface area contributed by atoms with Gasteiger partial charge in [-0.3, -0.25) is 4.79 Å². The van der Waals surface area contributed by atoms with E-state index in [1.54, 1.807) is 11.3 Å². The van der Waals surface area contributed by atoms with E-state index in [-0.39, 0.29) is 17.9 Å². The Hall–Kier alpha value is -1.65. The fraction of sp³-hybridized carbons (Fsp3) is 0.389. The maximum Gasteiger partial charge on any atom is 0.228 e. The van der Waals surface area contributed by atoms with Crippen LogP contribution in [-0.4, -0.2) is 12.5 Å². The molecule has 0 aliphatic rings. The second-order valence-corrected chi connectivity index (χ2v) is 6.89. The Bertz CT molecular complexity index is 590.